The average Bonchev–Trinajstić information content (AvgIpc) is 2.99. The Labute approximate surface area is 150 Å². The lowest BCUT2D eigenvalue weighted by Crippen LogP contribution is -2.29. The summed E-state index contributed by atoms with van der Waals surface area (Å²) in [6.07, 6.45) is 1.79. The molecule has 0 radical (unpaired) electrons. The lowest BCUT2D eigenvalue weighted by Gasteiger charge is -2.16. The fourth-order valence-electron chi connectivity index (χ4n) is 3.11. The fourth-order valence-corrected chi connectivity index (χ4v) is 3.11. The van der Waals surface area contributed by atoms with E-state index in [1.165, 1.54) is 11.6 Å². The molecule has 0 spiro atoms. The summed E-state index contributed by atoms with van der Waals surface area (Å²) in [4.78, 5) is 26.1. The van der Waals surface area contributed by atoms with E-state index in [4.69, 9.17) is 0 Å². The summed E-state index contributed by atoms with van der Waals surface area (Å²) in [5, 5.41) is 2.44. The molecule has 2 aromatic carbocycles. The van der Waals surface area contributed by atoms with Crippen LogP contribution in [0.3, 0.4) is 0 Å². The molecule has 1 aliphatic heterocycles. The predicted octanol–water partition coefficient (Wildman–Crippen LogP) is 3.38. The summed E-state index contributed by atoms with van der Waals surface area (Å²) in [5.74, 6) is -2.56. The summed E-state index contributed by atoms with van der Waals surface area (Å²) in [5.41, 5.74) is 1.13. The standard InChI is InChI=1S/C20H20F2N2O2/c21-16-8-9-18(17(22)12-16)23-20(26)15-11-19(25)24(13-15)10-4-7-14-5-2-1-3-6-14/h1-3,5-6,8-9,12,15H,4,7,10-11,13H2,(H,23,26). The molecule has 6 heteroatoms. The van der Waals surface area contributed by atoms with Gasteiger partial charge in [-0.3, -0.25) is 9.59 Å². The molecule has 1 unspecified atom stereocenters. The normalized spacial score (nSPS) is 16.8. The zero-order valence-corrected chi connectivity index (χ0v) is 14.3. The molecule has 2 amide bonds. The van der Waals surface area contributed by atoms with Crippen molar-refractivity contribution in [3.8, 4) is 0 Å². The molecular weight excluding hydrogens is 338 g/mol. The highest BCUT2D eigenvalue weighted by atomic mass is 19.1. The number of rotatable bonds is 6. The first kappa shape index (κ1) is 18.0. The number of nitrogens with zero attached hydrogens (tertiary/aromatic N) is 1. The van der Waals surface area contributed by atoms with E-state index in [0.717, 1.165) is 18.9 Å². The number of likely N-dealkylation sites (tertiary alicyclic amines) is 1. The van der Waals surface area contributed by atoms with Gasteiger partial charge in [-0.25, -0.2) is 8.78 Å². The summed E-state index contributed by atoms with van der Waals surface area (Å²) in [6, 6.07) is 13.0. The third-order valence-corrected chi connectivity index (χ3v) is 4.51. The highest BCUT2D eigenvalue weighted by Crippen LogP contribution is 2.22. The quantitative estimate of drug-likeness (QED) is 0.861. The van der Waals surface area contributed by atoms with Crippen LogP contribution in [0.15, 0.2) is 48.5 Å². The number of benzene rings is 2. The molecule has 0 aromatic heterocycles. The first-order chi connectivity index (χ1) is 12.5. The van der Waals surface area contributed by atoms with E-state index in [9.17, 15) is 18.4 Å². The molecule has 1 heterocycles. The van der Waals surface area contributed by atoms with Crippen LogP contribution in [0, 0.1) is 17.6 Å². The summed E-state index contributed by atoms with van der Waals surface area (Å²) >= 11 is 0. The molecule has 0 aliphatic carbocycles. The van der Waals surface area contributed by atoms with Crippen molar-refractivity contribution in [2.24, 2.45) is 5.92 Å². The third-order valence-electron chi connectivity index (χ3n) is 4.51. The van der Waals surface area contributed by atoms with Crippen LogP contribution in [-0.4, -0.2) is 29.8 Å². The molecule has 2 aromatic rings. The van der Waals surface area contributed by atoms with E-state index < -0.39 is 23.5 Å². The van der Waals surface area contributed by atoms with Crippen LogP contribution >= 0.6 is 0 Å². The van der Waals surface area contributed by atoms with Crippen molar-refractivity contribution in [2.45, 2.75) is 19.3 Å². The van der Waals surface area contributed by atoms with Crippen molar-refractivity contribution in [2.75, 3.05) is 18.4 Å². The minimum Gasteiger partial charge on any atom is -0.342 e. The largest absolute Gasteiger partial charge is 0.342 e. The van der Waals surface area contributed by atoms with Crippen LogP contribution in [-0.2, 0) is 16.0 Å². The number of nitrogens with one attached hydrogen (secondary N) is 1. The van der Waals surface area contributed by atoms with Crippen LogP contribution in [0.1, 0.15) is 18.4 Å². The predicted molar refractivity (Wildman–Crippen MR) is 94.4 cm³/mol. The highest BCUT2D eigenvalue weighted by Gasteiger charge is 2.34. The van der Waals surface area contributed by atoms with Crippen molar-refractivity contribution in [3.05, 3.63) is 65.7 Å². The van der Waals surface area contributed by atoms with Crippen LogP contribution in [0.4, 0.5) is 14.5 Å². The molecule has 3 rings (SSSR count). The monoisotopic (exact) mass is 358 g/mol. The van der Waals surface area contributed by atoms with Gasteiger partial charge < -0.3 is 10.2 Å². The number of hydrogen-bond acceptors (Lipinski definition) is 2. The van der Waals surface area contributed by atoms with Crippen LogP contribution in [0.5, 0.6) is 0 Å². The third kappa shape index (κ3) is 4.45. The van der Waals surface area contributed by atoms with Crippen molar-refractivity contribution in [3.63, 3.8) is 0 Å². The zero-order chi connectivity index (χ0) is 18.5. The molecule has 0 bridgehead atoms. The molecular formula is C20H20F2N2O2. The molecule has 1 aliphatic rings. The number of aryl methyl sites for hydroxylation is 1. The van der Waals surface area contributed by atoms with Crippen LogP contribution < -0.4 is 5.32 Å². The Kier molecular flexibility index (Phi) is 5.61. The van der Waals surface area contributed by atoms with Gasteiger partial charge >= 0.3 is 0 Å². The lowest BCUT2D eigenvalue weighted by atomic mass is 10.1. The second-order valence-corrected chi connectivity index (χ2v) is 6.44. The van der Waals surface area contributed by atoms with Gasteiger partial charge in [-0.15, -0.1) is 0 Å². The first-order valence-corrected chi connectivity index (χ1v) is 8.60. The van der Waals surface area contributed by atoms with Gasteiger partial charge in [-0.1, -0.05) is 30.3 Å². The molecule has 1 fully saturated rings. The SMILES string of the molecule is O=C(Nc1ccc(F)cc1F)C1CC(=O)N(CCCc2ccccc2)C1. The minimum absolute atomic E-state index is 0.0715. The summed E-state index contributed by atoms with van der Waals surface area (Å²) in [6.45, 7) is 0.907. The Morgan fingerprint density at radius 3 is 2.65 bits per heavy atom. The Hall–Kier alpha value is -2.76. The molecule has 1 saturated heterocycles. The van der Waals surface area contributed by atoms with Gasteiger partial charge in [-0.2, -0.15) is 0 Å². The minimum atomic E-state index is -0.831. The van der Waals surface area contributed by atoms with Crippen molar-refractivity contribution >= 4 is 17.5 Å². The molecule has 26 heavy (non-hydrogen) atoms. The van der Waals surface area contributed by atoms with Gasteiger partial charge in [0, 0.05) is 25.6 Å². The number of carbonyl (C=O) groups is 2. The molecule has 4 nitrogen and oxygen atoms in total. The number of carbonyl (C=O) groups excluding carboxylic acids is 2. The lowest BCUT2D eigenvalue weighted by molar-refractivity contribution is -0.128. The molecule has 1 N–H and O–H groups in total. The smallest absolute Gasteiger partial charge is 0.229 e. The van der Waals surface area contributed by atoms with E-state index in [1.807, 2.05) is 30.3 Å². The number of halogens is 2. The second kappa shape index (κ2) is 8.08. The second-order valence-electron chi connectivity index (χ2n) is 6.44. The van der Waals surface area contributed by atoms with Crippen molar-refractivity contribution in [1.82, 2.24) is 4.90 Å². The fraction of sp³-hybridized carbons (Fsp3) is 0.300. The van der Waals surface area contributed by atoms with Crippen molar-refractivity contribution < 1.29 is 18.4 Å². The maximum atomic E-state index is 13.6. The maximum absolute atomic E-state index is 13.6. The van der Waals surface area contributed by atoms with Gasteiger partial charge in [0.25, 0.3) is 0 Å². The summed E-state index contributed by atoms with van der Waals surface area (Å²) in [7, 11) is 0. The zero-order valence-electron chi connectivity index (χ0n) is 14.3. The van der Waals surface area contributed by atoms with Gasteiger partial charge in [0.1, 0.15) is 11.6 Å². The Balaban J connectivity index is 1.51. The average molecular weight is 358 g/mol. The number of hydrogen-bond donors (Lipinski definition) is 1. The topological polar surface area (TPSA) is 49.4 Å². The summed E-state index contributed by atoms with van der Waals surface area (Å²) < 4.78 is 26.6. The maximum Gasteiger partial charge on any atom is 0.229 e. The van der Waals surface area contributed by atoms with E-state index in [2.05, 4.69) is 5.32 Å². The van der Waals surface area contributed by atoms with Gasteiger partial charge in [0.15, 0.2) is 0 Å². The van der Waals surface area contributed by atoms with Crippen LogP contribution in [0.2, 0.25) is 0 Å². The van der Waals surface area contributed by atoms with Gasteiger partial charge in [0.2, 0.25) is 11.8 Å². The van der Waals surface area contributed by atoms with E-state index in [1.54, 1.807) is 4.90 Å². The Morgan fingerprint density at radius 2 is 1.92 bits per heavy atom. The molecule has 0 saturated carbocycles. The van der Waals surface area contributed by atoms with E-state index in [0.29, 0.717) is 19.2 Å². The first-order valence-electron chi connectivity index (χ1n) is 8.60. The highest BCUT2D eigenvalue weighted by molar-refractivity contribution is 5.97. The van der Waals surface area contributed by atoms with E-state index in [-0.39, 0.29) is 18.0 Å². The van der Waals surface area contributed by atoms with Crippen molar-refractivity contribution in [1.29, 1.82) is 0 Å². The Morgan fingerprint density at radius 1 is 1.15 bits per heavy atom. The molecule has 1 atom stereocenters. The van der Waals surface area contributed by atoms with E-state index >= 15 is 0 Å². The number of amides is 2. The molecule has 136 valence electrons. The van der Waals surface area contributed by atoms with Crippen LogP contribution in [0.25, 0.3) is 0 Å². The Bertz CT molecular complexity index is 796. The van der Waals surface area contributed by atoms with Gasteiger partial charge in [0.05, 0.1) is 11.6 Å². The van der Waals surface area contributed by atoms with Gasteiger partial charge in [-0.05, 0) is 30.5 Å². The number of anilines is 1.